The maximum Gasteiger partial charge on any atom is 0.306 e. The summed E-state index contributed by atoms with van der Waals surface area (Å²) >= 11 is 0. The molecule has 2 nitrogen and oxygen atoms in total. The van der Waals surface area contributed by atoms with Gasteiger partial charge in [-0.05, 0) is 36.6 Å². The minimum Gasteiger partial charge on any atom is -0.465 e. The second-order valence-corrected chi connectivity index (χ2v) is 5.68. The predicted molar refractivity (Wildman–Crippen MR) is 48.3 cm³/mol. The highest BCUT2D eigenvalue weighted by Crippen LogP contribution is 2.62. The molecule has 13 heavy (non-hydrogen) atoms. The molecule has 69 valence electrons. The lowest BCUT2D eigenvalue weighted by Crippen LogP contribution is -2.29. The Hall–Kier alpha value is -0.313. The molecule has 3 aliphatic rings. The van der Waals surface area contributed by atoms with Crippen molar-refractivity contribution in [2.24, 2.45) is 17.3 Å². The number of carbonyl (C=O) groups is 1. The Labute approximate surface area is 81.5 Å². The molecule has 3 radical (unpaired) electrons. The summed E-state index contributed by atoms with van der Waals surface area (Å²) in [6, 6.07) is 0. The van der Waals surface area contributed by atoms with Gasteiger partial charge >= 0.3 is 5.97 Å². The zero-order valence-electron chi connectivity index (χ0n) is 7.58. The van der Waals surface area contributed by atoms with Crippen molar-refractivity contribution in [2.45, 2.75) is 31.2 Å². The lowest BCUT2D eigenvalue weighted by molar-refractivity contribution is -0.137. The van der Waals surface area contributed by atoms with Crippen LogP contribution in [0.5, 0.6) is 0 Å². The fourth-order valence-corrected chi connectivity index (χ4v) is 4.08. The van der Waals surface area contributed by atoms with E-state index in [1.165, 1.54) is 19.3 Å². The Morgan fingerprint density at radius 3 is 2.77 bits per heavy atom. The van der Waals surface area contributed by atoms with Gasteiger partial charge in [0.1, 0.15) is 0 Å². The normalized spacial score (nSPS) is 53.3. The van der Waals surface area contributed by atoms with Crippen LogP contribution >= 0.6 is 0 Å². The van der Waals surface area contributed by atoms with E-state index in [2.05, 4.69) is 10.2 Å². The maximum absolute atomic E-state index is 11.1. The molecule has 0 aromatic rings. The number of ether oxygens (including phenoxy) is 1. The molecular weight excluding hydrogens is 180 g/mol. The van der Waals surface area contributed by atoms with Crippen molar-refractivity contribution in [1.82, 2.24) is 0 Å². The summed E-state index contributed by atoms with van der Waals surface area (Å²) in [7, 11) is 3.77. The van der Waals surface area contributed by atoms with E-state index >= 15 is 0 Å². The van der Waals surface area contributed by atoms with Crippen molar-refractivity contribution in [1.29, 1.82) is 0 Å². The van der Waals surface area contributed by atoms with Crippen LogP contribution in [0.25, 0.3) is 0 Å². The first-order chi connectivity index (χ1) is 6.20. The van der Waals surface area contributed by atoms with E-state index in [1.54, 1.807) is 0 Å². The zero-order valence-corrected chi connectivity index (χ0v) is 8.58. The minimum absolute atomic E-state index is 0.0260. The smallest absolute Gasteiger partial charge is 0.306 e. The molecule has 2 bridgehead atoms. The molecule has 1 spiro atoms. The Bertz CT molecular complexity index is 264. The van der Waals surface area contributed by atoms with E-state index in [-0.39, 0.29) is 11.4 Å². The molecule has 1 heterocycles. The van der Waals surface area contributed by atoms with Crippen LogP contribution < -0.4 is 0 Å². The molecule has 2 aliphatic carbocycles. The molecule has 3 fully saturated rings. The van der Waals surface area contributed by atoms with Crippen LogP contribution in [-0.2, 0) is 9.53 Å². The lowest BCUT2D eigenvalue weighted by atomic mass is 9.72. The molecule has 4 unspecified atom stereocenters. The number of esters is 1. The summed E-state index contributed by atoms with van der Waals surface area (Å²) in [5.74, 6) is 1.57. The largest absolute Gasteiger partial charge is 0.465 e. The fourth-order valence-electron chi connectivity index (χ4n) is 3.55. The number of cyclic esters (lactones) is 1. The first-order valence-corrected chi connectivity index (χ1v) is 5.64. The van der Waals surface area contributed by atoms with E-state index < -0.39 is 0 Å². The second kappa shape index (κ2) is 2.38. The van der Waals surface area contributed by atoms with Crippen molar-refractivity contribution >= 4 is 16.2 Å². The van der Waals surface area contributed by atoms with E-state index in [9.17, 15) is 4.79 Å². The summed E-state index contributed by atoms with van der Waals surface area (Å²) < 4.78 is 5.12. The Kier molecular flexibility index (Phi) is 1.47. The van der Waals surface area contributed by atoms with Crippen LogP contribution in [-0.4, -0.2) is 22.8 Å². The molecule has 1 aliphatic heterocycles. The Morgan fingerprint density at radius 1 is 1.46 bits per heavy atom. The second-order valence-electron chi connectivity index (χ2n) is 4.94. The van der Waals surface area contributed by atoms with Gasteiger partial charge in [0.2, 0.25) is 0 Å². The number of fused-ring (bicyclic) bond motifs is 3. The molecule has 3 rings (SSSR count). The van der Waals surface area contributed by atoms with Gasteiger partial charge in [-0.3, -0.25) is 4.79 Å². The molecule has 1 saturated heterocycles. The van der Waals surface area contributed by atoms with Gasteiger partial charge in [-0.1, -0.05) is 0 Å². The quantitative estimate of drug-likeness (QED) is 0.428. The van der Waals surface area contributed by atoms with Crippen molar-refractivity contribution < 1.29 is 9.53 Å². The van der Waals surface area contributed by atoms with Crippen molar-refractivity contribution in [2.75, 3.05) is 6.61 Å². The third-order valence-corrected chi connectivity index (χ3v) is 4.95. The van der Waals surface area contributed by atoms with Crippen LogP contribution in [0, 0.1) is 17.3 Å². The summed E-state index contributed by atoms with van der Waals surface area (Å²) in [4.78, 5) is 11.1. The first kappa shape index (κ1) is 8.03. The lowest BCUT2D eigenvalue weighted by Gasteiger charge is -2.33. The molecule has 2 saturated carbocycles. The van der Waals surface area contributed by atoms with Gasteiger partial charge in [0.15, 0.2) is 0 Å². The number of rotatable bonds is 0. The topological polar surface area (TPSA) is 26.3 Å². The molecule has 0 N–H and O–H groups in total. The minimum atomic E-state index is 0.0260. The van der Waals surface area contributed by atoms with Crippen LogP contribution in [0.3, 0.4) is 0 Å². The van der Waals surface area contributed by atoms with Crippen molar-refractivity contribution in [3.05, 3.63) is 0 Å². The van der Waals surface area contributed by atoms with E-state index in [1.807, 2.05) is 0 Å². The monoisotopic (exact) mass is 193 g/mol. The predicted octanol–water partition coefficient (Wildman–Crippen LogP) is 1.31. The maximum atomic E-state index is 11.1. The van der Waals surface area contributed by atoms with Gasteiger partial charge < -0.3 is 4.74 Å². The van der Waals surface area contributed by atoms with Gasteiger partial charge in [0, 0.05) is 15.7 Å². The van der Waals surface area contributed by atoms with Gasteiger partial charge in [-0.25, -0.2) is 0 Å². The Morgan fingerprint density at radius 2 is 2.31 bits per heavy atom. The summed E-state index contributed by atoms with van der Waals surface area (Å²) in [6.45, 7) is 0.700. The highest BCUT2D eigenvalue weighted by atomic mass is 28.1. The fraction of sp³-hybridized carbons (Fsp3) is 0.900. The van der Waals surface area contributed by atoms with Gasteiger partial charge in [-0.15, -0.1) is 0 Å². The van der Waals surface area contributed by atoms with Crippen molar-refractivity contribution in [3.63, 3.8) is 0 Å². The first-order valence-electron chi connectivity index (χ1n) is 5.06. The molecule has 3 heteroatoms. The average molecular weight is 193 g/mol. The third-order valence-electron chi connectivity index (χ3n) is 4.25. The standard InChI is InChI=1S/C10H13O2Si/c11-9-4-10(5-12-9)3-6-1-7(10)2-8(6)13/h6-8H,1-5H2. The van der Waals surface area contributed by atoms with Crippen LogP contribution in [0.15, 0.2) is 0 Å². The van der Waals surface area contributed by atoms with Gasteiger partial charge in [0.05, 0.1) is 13.0 Å². The molecule has 0 aromatic heterocycles. The van der Waals surface area contributed by atoms with Gasteiger partial charge in [-0.2, -0.15) is 0 Å². The molecular formula is C10H13O2Si. The third kappa shape index (κ3) is 0.966. The van der Waals surface area contributed by atoms with Crippen LogP contribution in [0.1, 0.15) is 25.7 Å². The molecule has 0 amide bonds. The average Bonchev–Trinajstić information content (AvgIpc) is 2.68. The van der Waals surface area contributed by atoms with Crippen LogP contribution in [0.4, 0.5) is 0 Å². The SMILES string of the molecule is O=C1CC2(CO1)CC1CC2CC1[Si]. The van der Waals surface area contributed by atoms with E-state index in [0.717, 1.165) is 11.8 Å². The number of hydrogen-bond acceptors (Lipinski definition) is 2. The zero-order chi connectivity index (χ0) is 9.05. The molecule has 0 aromatic carbocycles. The van der Waals surface area contributed by atoms with E-state index in [4.69, 9.17) is 4.74 Å². The van der Waals surface area contributed by atoms with Gasteiger partial charge in [0.25, 0.3) is 0 Å². The summed E-state index contributed by atoms with van der Waals surface area (Å²) in [5, 5.41) is 0. The summed E-state index contributed by atoms with van der Waals surface area (Å²) in [6.07, 6.45) is 4.45. The van der Waals surface area contributed by atoms with Crippen LogP contribution in [0.2, 0.25) is 5.54 Å². The summed E-state index contributed by atoms with van der Waals surface area (Å²) in [5.41, 5.74) is 0.955. The Balaban J connectivity index is 1.85. The molecule has 4 atom stereocenters. The highest BCUT2D eigenvalue weighted by molar-refractivity contribution is 6.12. The number of hydrogen-bond donors (Lipinski definition) is 0. The number of carbonyl (C=O) groups excluding carboxylic acids is 1. The van der Waals surface area contributed by atoms with Crippen molar-refractivity contribution in [3.8, 4) is 0 Å². The van der Waals surface area contributed by atoms with E-state index in [0.29, 0.717) is 18.6 Å². The highest BCUT2D eigenvalue weighted by Gasteiger charge is 2.57.